The van der Waals surface area contributed by atoms with E-state index in [1.165, 1.54) is 36.4 Å². The Morgan fingerprint density at radius 3 is 2.09 bits per heavy atom. The molecule has 242 valence electrons. The second kappa shape index (κ2) is 14.2. The number of anilines is 1. The Balaban J connectivity index is 1.63. The third-order valence-corrected chi connectivity index (χ3v) is 8.72. The Morgan fingerprint density at radius 2 is 1.44 bits per heavy atom. The van der Waals surface area contributed by atoms with E-state index in [1.807, 2.05) is 0 Å². The summed E-state index contributed by atoms with van der Waals surface area (Å²) in [5.41, 5.74) is 1.16. The van der Waals surface area contributed by atoms with Gasteiger partial charge in [0.15, 0.2) is 12.3 Å². The van der Waals surface area contributed by atoms with E-state index in [9.17, 15) is 35.5 Å². The first-order valence-electron chi connectivity index (χ1n) is 14.1. The van der Waals surface area contributed by atoms with Crippen LogP contribution in [0.1, 0.15) is 57.3 Å². The molecule has 16 heteroatoms. The molecular formula is C29H33N2O12S2+. The van der Waals surface area contributed by atoms with Gasteiger partial charge in [-0.05, 0) is 68.2 Å². The predicted molar refractivity (Wildman–Crippen MR) is 160 cm³/mol. The monoisotopic (exact) mass is 665 g/mol. The van der Waals surface area contributed by atoms with Gasteiger partial charge < -0.3 is 24.3 Å². The zero-order valence-electron chi connectivity index (χ0n) is 24.0. The van der Waals surface area contributed by atoms with Crippen molar-refractivity contribution in [3.63, 3.8) is 0 Å². The molecule has 4 rings (SSSR count). The molecule has 0 bridgehead atoms. The van der Waals surface area contributed by atoms with E-state index in [1.54, 1.807) is 27.7 Å². The van der Waals surface area contributed by atoms with Gasteiger partial charge in [-0.2, -0.15) is 21.4 Å². The number of carbonyl (C=O) groups is 2. The van der Waals surface area contributed by atoms with Crippen LogP contribution in [0.5, 0.6) is 5.75 Å². The topological polar surface area (TPSA) is 213 Å². The molecule has 1 aliphatic heterocycles. The third kappa shape index (κ3) is 8.91. The van der Waals surface area contributed by atoms with Crippen LogP contribution in [0.4, 0.5) is 5.69 Å². The molecule has 0 fully saturated rings. The minimum absolute atomic E-state index is 0.0220. The molecule has 2 heterocycles. The molecule has 14 nitrogen and oxygen atoms in total. The van der Waals surface area contributed by atoms with Crippen molar-refractivity contribution in [2.75, 3.05) is 11.4 Å². The first-order chi connectivity index (χ1) is 21.2. The molecule has 0 saturated carbocycles. The Kier molecular flexibility index (Phi) is 10.6. The molecule has 45 heavy (non-hydrogen) atoms. The lowest BCUT2D eigenvalue weighted by atomic mass is 10.2. The van der Waals surface area contributed by atoms with Crippen molar-refractivity contribution in [1.82, 2.24) is 0 Å². The van der Waals surface area contributed by atoms with Crippen molar-refractivity contribution in [3.8, 4) is 5.75 Å². The van der Waals surface area contributed by atoms with Crippen molar-refractivity contribution in [2.45, 2.75) is 67.7 Å². The van der Waals surface area contributed by atoms with Crippen LogP contribution in [0.2, 0.25) is 0 Å². The van der Waals surface area contributed by atoms with E-state index in [4.69, 9.17) is 19.4 Å². The molecule has 0 unspecified atom stereocenters. The number of carboxylic acid groups (broad SMARTS) is 2. The SMILES string of the molecule is O=C(O)CCCCCN1/C(=C/C=C/c2oc3ccc(S(=O)(=O)O)cc3[n+]2CCCCCC(=O)O)Oc2ccc(S(=O)(=O)O)cc21. The standard InChI is InChI=1S/C29H32N2O12S2/c32-28(33)10-3-1-5-16-30-22-18-20(44(36,37)38)12-14-24(22)42-26(30)8-7-9-27-31(17-6-2-4-11-29(34)35)23-19-21(45(39,40)41)13-15-25(23)43-27/h7-9,12-15,18-19H,1-6,10-11,16-17H2,(H3-,32,33,34,35,36,37,38,39,40,41)/p+1. The van der Waals surface area contributed by atoms with Gasteiger partial charge >= 0.3 is 17.8 Å². The number of carboxylic acids is 2. The van der Waals surface area contributed by atoms with Crippen LogP contribution in [-0.2, 0) is 36.4 Å². The molecule has 0 aliphatic carbocycles. The highest BCUT2D eigenvalue weighted by Gasteiger charge is 2.28. The fraction of sp³-hybridized carbons (Fsp3) is 0.345. The highest BCUT2D eigenvalue weighted by Crippen LogP contribution is 2.40. The Bertz CT molecular complexity index is 1860. The number of fused-ring (bicyclic) bond motifs is 2. The normalized spacial score (nSPS) is 14.4. The van der Waals surface area contributed by atoms with Crippen LogP contribution in [0.3, 0.4) is 0 Å². The summed E-state index contributed by atoms with van der Waals surface area (Å²) in [6, 6.07) is 7.85. The average Bonchev–Trinajstić information content (AvgIpc) is 3.48. The molecule has 0 spiro atoms. The fourth-order valence-corrected chi connectivity index (χ4v) is 5.85. The highest BCUT2D eigenvalue weighted by molar-refractivity contribution is 7.86. The molecular weight excluding hydrogens is 632 g/mol. The number of rotatable bonds is 16. The third-order valence-electron chi connectivity index (χ3n) is 7.02. The van der Waals surface area contributed by atoms with Crippen molar-refractivity contribution in [1.29, 1.82) is 0 Å². The maximum absolute atomic E-state index is 11.8. The number of aliphatic carboxylic acids is 2. The number of unbranched alkanes of at least 4 members (excludes halogenated alkanes) is 4. The summed E-state index contributed by atoms with van der Waals surface area (Å²) < 4.78 is 79.8. The first kappa shape index (κ1) is 33.6. The van der Waals surface area contributed by atoms with Crippen LogP contribution in [-0.4, -0.2) is 54.6 Å². The first-order valence-corrected chi connectivity index (χ1v) is 16.9. The Labute approximate surface area is 259 Å². The van der Waals surface area contributed by atoms with Gasteiger partial charge in [0.1, 0.15) is 4.90 Å². The minimum Gasteiger partial charge on any atom is -0.481 e. The second-order valence-electron chi connectivity index (χ2n) is 10.3. The van der Waals surface area contributed by atoms with Gasteiger partial charge in [0.25, 0.3) is 25.8 Å². The van der Waals surface area contributed by atoms with Crippen LogP contribution in [0, 0.1) is 0 Å². The molecule has 4 N–H and O–H groups in total. The van der Waals surface area contributed by atoms with Crippen molar-refractivity contribution < 1.29 is 59.5 Å². The Morgan fingerprint density at radius 1 is 0.822 bits per heavy atom. The quantitative estimate of drug-likeness (QED) is 0.0958. The van der Waals surface area contributed by atoms with Gasteiger partial charge in [0, 0.05) is 31.9 Å². The molecule has 0 atom stereocenters. The van der Waals surface area contributed by atoms with Crippen molar-refractivity contribution in [3.05, 3.63) is 60.3 Å². The molecule has 0 amide bonds. The number of allylic oxidation sites excluding steroid dienone is 2. The smallest absolute Gasteiger partial charge is 0.374 e. The molecule has 1 aromatic heterocycles. The van der Waals surface area contributed by atoms with E-state index >= 15 is 0 Å². The van der Waals surface area contributed by atoms with Crippen molar-refractivity contribution in [2.24, 2.45) is 0 Å². The zero-order valence-corrected chi connectivity index (χ0v) is 25.7. The minimum atomic E-state index is -4.48. The number of hydrogen-bond donors (Lipinski definition) is 4. The summed E-state index contributed by atoms with van der Waals surface area (Å²) in [7, 11) is -8.96. The maximum Gasteiger partial charge on any atom is 0.374 e. The summed E-state index contributed by atoms with van der Waals surface area (Å²) in [5, 5.41) is 17.8. The van der Waals surface area contributed by atoms with Crippen LogP contribution >= 0.6 is 0 Å². The summed E-state index contributed by atoms with van der Waals surface area (Å²) in [6.07, 6.45) is 8.12. The zero-order chi connectivity index (χ0) is 32.8. The fourth-order valence-electron chi connectivity index (χ4n) is 4.85. The van der Waals surface area contributed by atoms with Gasteiger partial charge in [-0.1, -0.05) is 6.42 Å². The maximum atomic E-state index is 11.8. The summed E-state index contributed by atoms with van der Waals surface area (Å²) in [5.74, 6) is -0.782. The lowest BCUT2D eigenvalue weighted by Gasteiger charge is -2.18. The molecule has 2 aromatic carbocycles. The largest absolute Gasteiger partial charge is 0.481 e. The lowest BCUT2D eigenvalue weighted by Crippen LogP contribution is -2.35. The molecule has 0 radical (unpaired) electrons. The van der Waals surface area contributed by atoms with E-state index < -0.39 is 32.2 Å². The number of aromatic nitrogens is 1. The highest BCUT2D eigenvalue weighted by atomic mass is 32.2. The lowest BCUT2D eigenvalue weighted by molar-refractivity contribution is -0.678. The summed E-state index contributed by atoms with van der Waals surface area (Å²) in [4.78, 5) is 22.8. The predicted octanol–water partition coefficient (Wildman–Crippen LogP) is 4.26. The van der Waals surface area contributed by atoms with Crippen LogP contribution in [0.15, 0.2) is 68.6 Å². The van der Waals surface area contributed by atoms with Gasteiger partial charge in [0.2, 0.25) is 11.5 Å². The van der Waals surface area contributed by atoms with E-state index in [-0.39, 0.29) is 22.6 Å². The molecule has 1 aliphatic rings. The molecule has 0 saturated heterocycles. The van der Waals surface area contributed by atoms with Gasteiger partial charge in [-0.3, -0.25) is 18.7 Å². The number of aryl methyl sites for hydroxylation is 1. The van der Waals surface area contributed by atoms with Gasteiger partial charge in [0.05, 0.1) is 16.7 Å². The summed E-state index contributed by atoms with van der Waals surface area (Å²) >= 11 is 0. The number of hydrogen-bond acceptors (Lipinski definition) is 9. The number of oxazole rings is 1. The van der Waals surface area contributed by atoms with E-state index in [2.05, 4.69) is 0 Å². The average molecular weight is 666 g/mol. The van der Waals surface area contributed by atoms with Crippen LogP contribution in [0.25, 0.3) is 17.2 Å². The van der Waals surface area contributed by atoms with Crippen LogP contribution < -0.4 is 14.2 Å². The number of benzene rings is 2. The van der Waals surface area contributed by atoms with E-state index in [0.29, 0.717) is 85.9 Å². The van der Waals surface area contributed by atoms with E-state index in [0.717, 1.165) is 0 Å². The number of ether oxygens (including phenoxy) is 1. The van der Waals surface area contributed by atoms with Gasteiger partial charge in [-0.25, -0.2) is 0 Å². The molecule has 3 aromatic rings. The van der Waals surface area contributed by atoms with Crippen molar-refractivity contribution >= 4 is 55.0 Å². The Hall–Kier alpha value is -4.25. The summed E-state index contributed by atoms with van der Waals surface area (Å²) in [6.45, 7) is 0.723. The second-order valence-corrected chi connectivity index (χ2v) is 13.2. The van der Waals surface area contributed by atoms with Gasteiger partial charge in [-0.15, -0.1) is 0 Å². The number of nitrogens with zero attached hydrogens (tertiary/aromatic N) is 2.